The van der Waals surface area contributed by atoms with Crippen molar-refractivity contribution in [1.82, 2.24) is 29.0 Å². The van der Waals surface area contributed by atoms with Crippen molar-refractivity contribution < 1.29 is 22.0 Å². The summed E-state index contributed by atoms with van der Waals surface area (Å²) >= 11 is 0. The number of alkyl halides is 5. The minimum Gasteiger partial charge on any atom is -0.351 e. The second kappa shape index (κ2) is 7.25. The molecular weight excluding hydrogens is 397 g/mol. The Morgan fingerprint density at radius 3 is 2.48 bits per heavy atom. The first-order valence-corrected chi connectivity index (χ1v) is 8.91. The number of anilines is 1. The van der Waals surface area contributed by atoms with Gasteiger partial charge in [0.05, 0.1) is 0 Å². The van der Waals surface area contributed by atoms with Crippen molar-refractivity contribution in [2.45, 2.75) is 19.1 Å². The first-order chi connectivity index (χ1) is 13.7. The molecule has 0 atom stereocenters. The van der Waals surface area contributed by atoms with E-state index in [9.17, 15) is 22.0 Å². The molecule has 0 amide bonds. The Morgan fingerprint density at radius 1 is 1.10 bits per heavy atom. The number of nitrogens with zero attached hydrogens (tertiary/aromatic N) is 7. The van der Waals surface area contributed by atoms with Gasteiger partial charge in [-0.1, -0.05) is 0 Å². The van der Waals surface area contributed by atoms with Gasteiger partial charge in [0.15, 0.2) is 17.2 Å². The maximum atomic E-state index is 13.1. The van der Waals surface area contributed by atoms with Gasteiger partial charge >= 0.3 is 6.18 Å². The number of rotatable bonds is 4. The summed E-state index contributed by atoms with van der Waals surface area (Å²) in [7, 11) is 1.60. The highest BCUT2D eigenvalue weighted by atomic mass is 19.4. The molecule has 0 N–H and O–H groups in total. The molecule has 0 radical (unpaired) electrons. The summed E-state index contributed by atoms with van der Waals surface area (Å²) in [6.45, 7) is 2.41. The SMILES string of the molecule is Cn1cc(CN2CCN(c3nccn4cc(C(F)(F)F)nc34)CC2)c(C(F)F)n1. The number of hydrogen-bond acceptors (Lipinski definition) is 5. The smallest absolute Gasteiger partial charge is 0.351 e. The molecular formula is C17H18F5N7. The minimum absolute atomic E-state index is 0.139. The van der Waals surface area contributed by atoms with E-state index in [-0.39, 0.29) is 11.3 Å². The van der Waals surface area contributed by atoms with Crippen LogP contribution in [0.2, 0.25) is 0 Å². The van der Waals surface area contributed by atoms with Crippen LogP contribution in [0.1, 0.15) is 23.4 Å². The van der Waals surface area contributed by atoms with Crippen LogP contribution in [0, 0.1) is 0 Å². The van der Waals surface area contributed by atoms with Crippen molar-refractivity contribution in [1.29, 1.82) is 0 Å². The molecule has 4 heterocycles. The normalized spacial score (nSPS) is 16.3. The number of fused-ring (bicyclic) bond motifs is 1. The third-order valence-corrected chi connectivity index (χ3v) is 4.86. The van der Waals surface area contributed by atoms with Gasteiger partial charge in [0.1, 0.15) is 5.69 Å². The van der Waals surface area contributed by atoms with Gasteiger partial charge in [0.25, 0.3) is 6.43 Å². The molecule has 0 spiro atoms. The minimum atomic E-state index is -4.53. The molecule has 3 aromatic rings. The average Bonchev–Trinajstić information content (AvgIpc) is 3.25. The van der Waals surface area contributed by atoms with Crippen LogP contribution < -0.4 is 4.90 Å². The second-order valence-corrected chi connectivity index (χ2v) is 6.88. The van der Waals surface area contributed by atoms with E-state index in [1.165, 1.54) is 21.5 Å². The van der Waals surface area contributed by atoms with Crippen LogP contribution in [-0.2, 0) is 19.8 Å². The molecule has 0 aliphatic carbocycles. The average molecular weight is 415 g/mol. The molecule has 1 saturated heterocycles. The molecule has 156 valence electrons. The fraction of sp³-hybridized carbons (Fsp3) is 0.471. The molecule has 1 aliphatic rings. The lowest BCUT2D eigenvalue weighted by molar-refractivity contribution is -0.140. The summed E-state index contributed by atoms with van der Waals surface area (Å²) in [5, 5.41) is 3.81. The molecule has 12 heteroatoms. The predicted octanol–water partition coefficient (Wildman–Crippen LogP) is 2.74. The quantitative estimate of drug-likeness (QED) is 0.614. The molecule has 7 nitrogen and oxygen atoms in total. The van der Waals surface area contributed by atoms with Gasteiger partial charge in [-0.05, 0) is 0 Å². The highest BCUT2D eigenvalue weighted by Gasteiger charge is 2.35. The number of piperazine rings is 1. The van der Waals surface area contributed by atoms with Crippen molar-refractivity contribution in [2.75, 3.05) is 31.1 Å². The summed E-state index contributed by atoms with van der Waals surface area (Å²) in [5.41, 5.74) is -0.584. The zero-order valence-electron chi connectivity index (χ0n) is 15.4. The Bertz CT molecular complexity index is 1000. The topological polar surface area (TPSA) is 54.5 Å². The lowest BCUT2D eigenvalue weighted by atomic mass is 10.2. The summed E-state index contributed by atoms with van der Waals surface area (Å²) in [6, 6.07) is 0. The van der Waals surface area contributed by atoms with Gasteiger partial charge < -0.3 is 9.30 Å². The largest absolute Gasteiger partial charge is 0.434 e. The Morgan fingerprint density at radius 2 is 1.83 bits per heavy atom. The molecule has 0 aromatic carbocycles. The fourth-order valence-electron chi connectivity index (χ4n) is 3.48. The highest BCUT2D eigenvalue weighted by molar-refractivity contribution is 5.64. The Labute approximate surface area is 162 Å². The molecule has 0 unspecified atom stereocenters. The number of aryl methyl sites for hydroxylation is 1. The van der Waals surface area contributed by atoms with Gasteiger partial charge in [-0.25, -0.2) is 18.7 Å². The zero-order chi connectivity index (χ0) is 20.8. The first-order valence-electron chi connectivity index (χ1n) is 8.91. The summed E-state index contributed by atoms with van der Waals surface area (Å²) in [6.07, 6.45) is -1.80. The van der Waals surface area contributed by atoms with E-state index in [0.29, 0.717) is 44.1 Å². The molecule has 0 saturated carbocycles. The highest BCUT2D eigenvalue weighted by Crippen LogP contribution is 2.30. The van der Waals surface area contributed by atoms with Crippen LogP contribution in [0.15, 0.2) is 24.8 Å². The molecule has 1 fully saturated rings. The third-order valence-electron chi connectivity index (χ3n) is 4.86. The van der Waals surface area contributed by atoms with Crippen LogP contribution in [0.25, 0.3) is 5.65 Å². The number of hydrogen-bond donors (Lipinski definition) is 0. The van der Waals surface area contributed by atoms with Gasteiger partial charge in [0.2, 0.25) is 0 Å². The van der Waals surface area contributed by atoms with Gasteiger partial charge in [-0.2, -0.15) is 18.3 Å². The standard InChI is InChI=1S/C17H18F5N7/c1-26-8-11(13(25-26)14(18)19)9-27-4-6-28(7-5-27)15-16-24-12(17(20,21)22)10-29(16)3-2-23-15/h2-3,8,10,14H,4-7,9H2,1H3. The van der Waals surface area contributed by atoms with Crippen molar-refractivity contribution in [3.63, 3.8) is 0 Å². The molecule has 29 heavy (non-hydrogen) atoms. The van der Waals surface area contributed by atoms with E-state index in [4.69, 9.17) is 0 Å². The molecule has 1 aliphatic heterocycles. The predicted molar refractivity (Wildman–Crippen MR) is 93.6 cm³/mol. The van der Waals surface area contributed by atoms with E-state index >= 15 is 0 Å². The molecule has 3 aromatic heterocycles. The van der Waals surface area contributed by atoms with Crippen molar-refractivity contribution in [3.8, 4) is 0 Å². The maximum Gasteiger partial charge on any atom is 0.434 e. The van der Waals surface area contributed by atoms with E-state index in [1.54, 1.807) is 13.2 Å². The zero-order valence-corrected chi connectivity index (χ0v) is 15.4. The van der Waals surface area contributed by atoms with Crippen LogP contribution >= 0.6 is 0 Å². The van der Waals surface area contributed by atoms with E-state index in [1.807, 2.05) is 9.80 Å². The Hall–Kier alpha value is -2.76. The lowest BCUT2D eigenvalue weighted by Crippen LogP contribution is -2.46. The van der Waals surface area contributed by atoms with E-state index in [0.717, 1.165) is 6.20 Å². The van der Waals surface area contributed by atoms with Crippen molar-refractivity contribution in [2.24, 2.45) is 7.05 Å². The summed E-state index contributed by atoms with van der Waals surface area (Å²) < 4.78 is 67.8. The Balaban J connectivity index is 1.48. The second-order valence-electron chi connectivity index (χ2n) is 6.88. The fourth-order valence-corrected chi connectivity index (χ4v) is 3.48. The summed E-state index contributed by atoms with van der Waals surface area (Å²) in [5.74, 6) is 0.372. The first kappa shape index (κ1) is 19.6. The number of halogens is 5. The van der Waals surface area contributed by atoms with E-state index < -0.39 is 18.3 Å². The molecule has 4 rings (SSSR count). The van der Waals surface area contributed by atoms with Crippen molar-refractivity contribution >= 4 is 11.5 Å². The van der Waals surface area contributed by atoms with Crippen LogP contribution in [0.3, 0.4) is 0 Å². The monoisotopic (exact) mass is 415 g/mol. The number of imidazole rings is 1. The van der Waals surface area contributed by atoms with Crippen molar-refractivity contribution in [3.05, 3.63) is 41.7 Å². The van der Waals surface area contributed by atoms with Gasteiger partial charge in [-0.15, -0.1) is 0 Å². The van der Waals surface area contributed by atoms with Gasteiger partial charge in [-0.3, -0.25) is 9.58 Å². The third kappa shape index (κ3) is 3.88. The van der Waals surface area contributed by atoms with Gasteiger partial charge in [0, 0.05) is 70.1 Å². The van der Waals surface area contributed by atoms with E-state index in [2.05, 4.69) is 15.1 Å². The van der Waals surface area contributed by atoms with Crippen LogP contribution in [0.4, 0.5) is 27.8 Å². The molecule has 0 bridgehead atoms. The maximum absolute atomic E-state index is 13.1. The van der Waals surface area contributed by atoms with Crippen LogP contribution in [-0.4, -0.2) is 55.2 Å². The lowest BCUT2D eigenvalue weighted by Gasteiger charge is -2.35. The number of aromatic nitrogens is 5. The Kier molecular flexibility index (Phi) is 4.89. The van der Waals surface area contributed by atoms with Crippen LogP contribution in [0.5, 0.6) is 0 Å². The summed E-state index contributed by atoms with van der Waals surface area (Å²) in [4.78, 5) is 11.8.